The van der Waals surface area contributed by atoms with Crippen LogP contribution in [0, 0.1) is 0 Å². The maximum absolute atomic E-state index is 9.50. The average Bonchev–Trinajstić information content (AvgIpc) is 1.96. The van der Waals surface area contributed by atoms with E-state index in [-0.39, 0.29) is 11.7 Å². The zero-order valence-electron chi connectivity index (χ0n) is 6.76. The van der Waals surface area contributed by atoms with Gasteiger partial charge in [-0.2, -0.15) is 0 Å². The van der Waals surface area contributed by atoms with Crippen LogP contribution in [0.25, 0.3) is 0 Å². The van der Waals surface area contributed by atoms with Crippen molar-refractivity contribution in [1.29, 1.82) is 0 Å². The molecule has 0 bridgehead atoms. The van der Waals surface area contributed by atoms with Gasteiger partial charge in [-0.05, 0) is 19.8 Å². The Morgan fingerprint density at radius 2 is 2.20 bits per heavy atom. The highest BCUT2D eigenvalue weighted by atomic mass is 16.5. The van der Waals surface area contributed by atoms with E-state index in [4.69, 9.17) is 4.74 Å². The van der Waals surface area contributed by atoms with E-state index in [1.54, 1.807) is 7.11 Å². The minimum atomic E-state index is -0.266. The molecule has 10 heavy (non-hydrogen) atoms. The second kappa shape index (κ2) is 2.89. The van der Waals surface area contributed by atoms with Crippen LogP contribution < -0.4 is 0 Å². The van der Waals surface area contributed by atoms with E-state index < -0.39 is 0 Å². The van der Waals surface area contributed by atoms with Crippen LogP contribution in [-0.2, 0) is 4.74 Å². The molecule has 1 rings (SSSR count). The number of ether oxygens (including phenoxy) is 1. The number of aliphatic hydroxyl groups is 1. The average molecular weight is 144 g/mol. The summed E-state index contributed by atoms with van der Waals surface area (Å²) in [6.45, 7) is 1.98. The molecule has 0 amide bonds. The molecular weight excluding hydrogens is 128 g/mol. The van der Waals surface area contributed by atoms with Crippen LogP contribution in [0.3, 0.4) is 0 Å². The summed E-state index contributed by atoms with van der Waals surface area (Å²) in [6.07, 6.45) is 3.95. The number of methoxy groups -OCH3 is 1. The van der Waals surface area contributed by atoms with E-state index in [9.17, 15) is 5.11 Å². The SMILES string of the molecule is COC1(C)CCCCC1O. The van der Waals surface area contributed by atoms with Gasteiger partial charge in [0.2, 0.25) is 0 Å². The Hall–Kier alpha value is -0.0800. The van der Waals surface area contributed by atoms with Gasteiger partial charge >= 0.3 is 0 Å². The zero-order valence-corrected chi connectivity index (χ0v) is 6.76. The van der Waals surface area contributed by atoms with Gasteiger partial charge < -0.3 is 9.84 Å². The van der Waals surface area contributed by atoms with E-state index >= 15 is 0 Å². The van der Waals surface area contributed by atoms with E-state index in [0.29, 0.717) is 0 Å². The van der Waals surface area contributed by atoms with Crippen molar-refractivity contribution in [2.75, 3.05) is 7.11 Å². The Bertz CT molecular complexity index is 114. The van der Waals surface area contributed by atoms with Crippen molar-refractivity contribution in [3.63, 3.8) is 0 Å². The molecular formula is C8H16O2. The van der Waals surface area contributed by atoms with Gasteiger partial charge in [0.15, 0.2) is 0 Å². The Morgan fingerprint density at radius 1 is 1.50 bits per heavy atom. The Labute approximate surface area is 62.2 Å². The summed E-state index contributed by atoms with van der Waals surface area (Å²) in [7, 11) is 1.68. The lowest BCUT2D eigenvalue weighted by molar-refractivity contribution is -0.112. The molecule has 0 radical (unpaired) electrons. The number of rotatable bonds is 1. The second-order valence-electron chi connectivity index (χ2n) is 3.28. The highest BCUT2D eigenvalue weighted by Crippen LogP contribution is 2.30. The van der Waals surface area contributed by atoms with Crippen molar-refractivity contribution in [3.05, 3.63) is 0 Å². The summed E-state index contributed by atoms with van der Waals surface area (Å²) < 4.78 is 5.24. The molecule has 0 aromatic rings. The third-order valence-corrected chi connectivity index (χ3v) is 2.57. The van der Waals surface area contributed by atoms with Crippen LogP contribution >= 0.6 is 0 Å². The smallest absolute Gasteiger partial charge is 0.0908 e. The second-order valence-corrected chi connectivity index (χ2v) is 3.28. The van der Waals surface area contributed by atoms with Crippen LogP contribution in [0.2, 0.25) is 0 Å². The van der Waals surface area contributed by atoms with Gasteiger partial charge in [0.1, 0.15) is 0 Å². The lowest BCUT2D eigenvalue weighted by atomic mass is 9.84. The van der Waals surface area contributed by atoms with E-state index in [0.717, 1.165) is 19.3 Å². The lowest BCUT2D eigenvalue weighted by Gasteiger charge is -2.36. The maximum Gasteiger partial charge on any atom is 0.0908 e. The van der Waals surface area contributed by atoms with E-state index in [2.05, 4.69) is 0 Å². The molecule has 0 spiro atoms. The number of aliphatic hydroxyl groups excluding tert-OH is 1. The fraction of sp³-hybridized carbons (Fsp3) is 1.00. The minimum absolute atomic E-state index is 0.258. The molecule has 60 valence electrons. The Kier molecular flexibility index (Phi) is 2.32. The first kappa shape index (κ1) is 8.02. The molecule has 2 nitrogen and oxygen atoms in total. The largest absolute Gasteiger partial charge is 0.390 e. The van der Waals surface area contributed by atoms with Crippen molar-refractivity contribution in [1.82, 2.24) is 0 Å². The van der Waals surface area contributed by atoms with Crippen molar-refractivity contribution in [3.8, 4) is 0 Å². The van der Waals surface area contributed by atoms with Crippen molar-refractivity contribution in [2.45, 2.75) is 44.3 Å². The van der Waals surface area contributed by atoms with E-state index in [1.165, 1.54) is 6.42 Å². The third kappa shape index (κ3) is 1.32. The molecule has 2 unspecified atom stereocenters. The first-order valence-corrected chi connectivity index (χ1v) is 3.92. The Morgan fingerprint density at radius 3 is 2.60 bits per heavy atom. The quantitative estimate of drug-likeness (QED) is 0.601. The third-order valence-electron chi connectivity index (χ3n) is 2.57. The molecule has 0 saturated heterocycles. The van der Waals surface area contributed by atoms with Gasteiger partial charge in [0.05, 0.1) is 11.7 Å². The van der Waals surface area contributed by atoms with Crippen LogP contribution in [0.4, 0.5) is 0 Å². The summed E-state index contributed by atoms with van der Waals surface area (Å²) in [6, 6.07) is 0. The standard InChI is InChI=1S/C8H16O2/c1-8(10-2)6-4-3-5-7(8)9/h7,9H,3-6H2,1-2H3. The molecule has 1 aliphatic carbocycles. The van der Waals surface area contributed by atoms with Gasteiger partial charge in [-0.15, -0.1) is 0 Å². The molecule has 1 aliphatic rings. The van der Waals surface area contributed by atoms with Gasteiger partial charge in [-0.3, -0.25) is 0 Å². The summed E-state index contributed by atoms with van der Waals surface area (Å²) in [5.74, 6) is 0. The zero-order chi connectivity index (χ0) is 7.61. The molecule has 0 aromatic carbocycles. The van der Waals surface area contributed by atoms with Gasteiger partial charge in [0, 0.05) is 7.11 Å². The molecule has 2 atom stereocenters. The lowest BCUT2D eigenvalue weighted by Crippen LogP contribution is -2.43. The molecule has 1 N–H and O–H groups in total. The number of hydrogen-bond acceptors (Lipinski definition) is 2. The van der Waals surface area contributed by atoms with Gasteiger partial charge in [0.25, 0.3) is 0 Å². The molecule has 0 aromatic heterocycles. The van der Waals surface area contributed by atoms with E-state index in [1.807, 2.05) is 6.92 Å². The van der Waals surface area contributed by atoms with Crippen LogP contribution in [0.15, 0.2) is 0 Å². The maximum atomic E-state index is 9.50. The molecule has 1 saturated carbocycles. The molecule has 0 aliphatic heterocycles. The van der Waals surface area contributed by atoms with Crippen LogP contribution in [0.5, 0.6) is 0 Å². The highest BCUT2D eigenvalue weighted by Gasteiger charge is 2.34. The van der Waals surface area contributed by atoms with Crippen molar-refractivity contribution in [2.24, 2.45) is 0 Å². The summed E-state index contributed by atoms with van der Waals surface area (Å²) in [5.41, 5.74) is -0.266. The normalized spacial score (nSPS) is 41.7. The molecule has 2 heteroatoms. The predicted octanol–water partition coefficient (Wildman–Crippen LogP) is 1.33. The monoisotopic (exact) mass is 144 g/mol. The minimum Gasteiger partial charge on any atom is -0.390 e. The first-order chi connectivity index (χ1) is 4.69. The number of hydrogen-bond donors (Lipinski definition) is 1. The van der Waals surface area contributed by atoms with Gasteiger partial charge in [-0.25, -0.2) is 0 Å². The summed E-state index contributed by atoms with van der Waals surface area (Å²) in [4.78, 5) is 0. The van der Waals surface area contributed by atoms with Crippen LogP contribution in [0.1, 0.15) is 32.6 Å². The van der Waals surface area contributed by atoms with Crippen LogP contribution in [-0.4, -0.2) is 23.9 Å². The molecule has 1 fully saturated rings. The summed E-state index contributed by atoms with van der Waals surface area (Å²) >= 11 is 0. The Balaban J connectivity index is 2.54. The van der Waals surface area contributed by atoms with Crippen molar-refractivity contribution >= 4 is 0 Å². The highest BCUT2D eigenvalue weighted by molar-refractivity contribution is 4.87. The fourth-order valence-corrected chi connectivity index (χ4v) is 1.52. The molecule has 0 heterocycles. The van der Waals surface area contributed by atoms with Crippen molar-refractivity contribution < 1.29 is 9.84 Å². The first-order valence-electron chi connectivity index (χ1n) is 3.92. The fourth-order valence-electron chi connectivity index (χ4n) is 1.52. The predicted molar refractivity (Wildman–Crippen MR) is 39.9 cm³/mol. The van der Waals surface area contributed by atoms with Gasteiger partial charge in [-0.1, -0.05) is 12.8 Å². The summed E-state index contributed by atoms with van der Waals surface area (Å²) in [5, 5.41) is 9.50. The topological polar surface area (TPSA) is 29.5 Å².